The molecule has 0 saturated heterocycles. The molecule has 7 heteroatoms. The molecule has 0 aliphatic carbocycles. The Kier molecular flexibility index (Phi) is 5.17. The molecule has 21 heavy (non-hydrogen) atoms. The zero-order valence-corrected chi connectivity index (χ0v) is 13.0. The van der Waals surface area contributed by atoms with Gasteiger partial charge in [0.2, 0.25) is 10.0 Å². The van der Waals surface area contributed by atoms with Crippen molar-refractivity contribution in [2.24, 2.45) is 0 Å². The van der Waals surface area contributed by atoms with Gasteiger partial charge < -0.3 is 4.74 Å². The molecule has 0 bridgehead atoms. The van der Waals surface area contributed by atoms with Crippen LogP contribution in [0.3, 0.4) is 0 Å². The summed E-state index contributed by atoms with van der Waals surface area (Å²) < 4.78 is 32.1. The molecule has 0 atom stereocenters. The topological polar surface area (TPSA) is 68.3 Å². The van der Waals surface area contributed by atoms with Crippen LogP contribution < -0.4 is 9.46 Å². The van der Waals surface area contributed by atoms with Crippen molar-refractivity contribution in [3.05, 3.63) is 53.3 Å². The molecular weight excluding hydrogens is 312 g/mol. The van der Waals surface area contributed by atoms with E-state index in [-0.39, 0.29) is 16.5 Å². The van der Waals surface area contributed by atoms with Crippen LogP contribution in [0, 0.1) is 0 Å². The van der Waals surface area contributed by atoms with Gasteiger partial charge in [-0.05, 0) is 37.3 Å². The maximum atomic E-state index is 12.2. The summed E-state index contributed by atoms with van der Waals surface area (Å²) in [6, 6.07) is 9.67. The Bertz CT molecular complexity index is 705. The first kappa shape index (κ1) is 15.8. The van der Waals surface area contributed by atoms with E-state index in [4.69, 9.17) is 16.3 Å². The number of benzene rings is 1. The highest BCUT2D eigenvalue weighted by molar-refractivity contribution is 7.89. The zero-order valence-electron chi connectivity index (χ0n) is 11.4. The number of rotatable bonds is 6. The molecule has 0 fully saturated rings. The second-order valence-electron chi connectivity index (χ2n) is 4.17. The van der Waals surface area contributed by atoms with E-state index < -0.39 is 10.0 Å². The van der Waals surface area contributed by atoms with Crippen LogP contribution in [0.2, 0.25) is 5.02 Å². The average molecular weight is 327 g/mol. The van der Waals surface area contributed by atoms with Gasteiger partial charge in [-0.25, -0.2) is 13.1 Å². The van der Waals surface area contributed by atoms with E-state index in [0.29, 0.717) is 18.1 Å². The highest BCUT2D eigenvalue weighted by Crippen LogP contribution is 2.27. The van der Waals surface area contributed by atoms with E-state index in [9.17, 15) is 8.42 Å². The van der Waals surface area contributed by atoms with Crippen LogP contribution in [-0.2, 0) is 16.6 Å². The van der Waals surface area contributed by atoms with Gasteiger partial charge in [-0.2, -0.15) is 0 Å². The van der Waals surface area contributed by atoms with Crippen molar-refractivity contribution < 1.29 is 13.2 Å². The first-order chi connectivity index (χ1) is 10.0. The third-order valence-corrected chi connectivity index (χ3v) is 4.38. The van der Waals surface area contributed by atoms with E-state index in [1.54, 1.807) is 30.5 Å². The summed E-state index contributed by atoms with van der Waals surface area (Å²) in [5.74, 6) is 0.461. The molecule has 5 nitrogen and oxygen atoms in total. The SMILES string of the molecule is CCOc1ccc(S(=O)(=O)NCc2ccccn2)cc1Cl. The van der Waals surface area contributed by atoms with Crippen LogP contribution in [0.25, 0.3) is 0 Å². The molecule has 0 unspecified atom stereocenters. The lowest BCUT2D eigenvalue weighted by atomic mass is 10.3. The van der Waals surface area contributed by atoms with Crippen molar-refractivity contribution in [2.75, 3.05) is 6.61 Å². The predicted octanol–water partition coefficient (Wildman–Crippen LogP) is 2.61. The number of hydrogen-bond acceptors (Lipinski definition) is 4. The summed E-state index contributed by atoms with van der Waals surface area (Å²) in [4.78, 5) is 4.15. The van der Waals surface area contributed by atoms with Crippen molar-refractivity contribution in [3.63, 3.8) is 0 Å². The van der Waals surface area contributed by atoms with E-state index in [0.717, 1.165) is 0 Å². The molecular formula is C14H15ClN2O3S. The first-order valence-corrected chi connectivity index (χ1v) is 8.21. The van der Waals surface area contributed by atoms with Gasteiger partial charge in [-0.3, -0.25) is 4.98 Å². The second kappa shape index (κ2) is 6.89. The Morgan fingerprint density at radius 3 is 2.71 bits per heavy atom. The second-order valence-corrected chi connectivity index (χ2v) is 6.35. The van der Waals surface area contributed by atoms with E-state index in [2.05, 4.69) is 9.71 Å². The highest BCUT2D eigenvalue weighted by atomic mass is 35.5. The van der Waals surface area contributed by atoms with Gasteiger partial charge in [-0.15, -0.1) is 0 Å². The van der Waals surface area contributed by atoms with Crippen LogP contribution in [0.4, 0.5) is 0 Å². The van der Waals surface area contributed by atoms with Crippen LogP contribution in [0.1, 0.15) is 12.6 Å². The number of nitrogens with zero attached hydrogens (tertiary/aromatic N) is 1. The number of nitrogens with one attached hydrogen (secondary N) is 1. The minimum Gasteiger partial charge on any atom is -0.492 e. The molecule has 112 valence electrons. The molecule has 0 amide bonds. The van der Waals surface area contributed by atoms with Gasteiger partial charge in [0.15, 0.2) is 0 Å². The Labute approximate surface area is 129 Å². The fraction of sp³-hybridized carbons (Fsp3) is 0.214. The monoisotopic (exact) mass is 326 g/mol. The number of pyridine rings is 1. The van der Waals surface area contributed by atoms with Crippen LogP contribution in [-0.4, -0.2) is 20.0 Å². The molecule has 1 heterocycles. The van der Waals surface area contributed by atoms with Crippen LogP contribution >= 0.6 is 11.6 Å². The molecule has 0 spiro atoms. The zero-order chi connectivity index (χ0) is 15.3. The summed E-state index contributed by atoms with van der Waals surface area (Å²) >= 11 is 6.00. The highest BCUT2D eigenvalue weighted by Gasteiger charge is 2.16. The van der Waals surface area contributed by atoms with Gasteiger partial charge in [0.1, 0.15) is 5.75 Å². The number of halogens is 1. The van der Waals surface area contributed by atoms with Crippen molar-refractivity contribution in [1.82, 2.24) is 9.71 Å². The van der Waals surface area contributed by atoms with Crippen LogP contribution in [0.5, 0.6) is 5.75 Å². The van der Waals surface area contributed by atoms with E-state index >= 15 is 0 Å². The lowest BCUT2D eigenvalue weighted by Gasteiger charge is -2.09. The average Bonchev–Trinajstić information content (AvgIpc) is 2.48. The quantitative estimate of drug-likeness (QED) is 0.886. The fourth-order valence-corrected chi connectivity index (χ4v) is 3.00. The Morgan fingerprint density at radius 2 is 2.10 bits per heavy atom. The molecule has 0 aliphatic rings. The normalized spacial score (nSPS) is 11.3. The molecule has 2 aromatic rings. The largest absolute Gasteiger partial charge is 0.492 e. The smallest absolute Gasteiger partial charge is 0.240 e. The van der Waals surface area contributed by atoms with Gasteiger partial charge in [0.05, 0.1) is 28.8 Å². The summed E-state index contributed by atoms with van der Waals surface area (Å²) in [5.41, 5.74) is 0.637. The lowest BCUT2D eigenvalue weighted by Crippen LogP contribution is -2.23. The van der Waals surface area contributed by atoms with Crippen molar-refractivity contribution in [2.45, 2.75) is 18.4 Å². The third-order valence-electron chi connectivity index (χ3n) is 2.68. The maximum absolute atomic E-state index is 12.2. The van der Waals surface area contributed by atoms with Crippen molar-refractivity contribution >= 4 is 21.6 Å². The summed E-state index contributed by atoms with van der Waals surface area (Å²) in [7, 11) is -3.64. The molecule has 1 aromatic carbocycles. The number of ether oxygens (including phenoxy) is 1. The first-order valence-electron chi connectivity index (χ1n) is 6.35. The molecule has 2 rings (SSSR count). The van der Waals surface area contributed by atoms with Gasteiger partial charge in [0, 0.05) is 6.20 Å². The lowest BCUT2D eigenvalue weighted by molar-refractivity contribution is 0.340. The number of sulfonamides is 1. The molecule has 0 radical (unpaired) electrons. The Balaban J connectivity index is 2.14. The summed E-state index contributed by atoms with van der Waals surface area (Å²) in [5, 5.41) is 0.262. The molecule has 0 saturated carbocycles. The van der Waals surface area contributed by atoms with Crippen LogP contribution in [0.15, 0.2) is 47.5 Å². The van der Waals surface area contributed by atoms with Gasteiger partial charge >= 0.3 is 0 Å². The molecule has 1 N–H and O–H groups in total. The van der Waals surface area contributed by atoms with Gasteiger partial charge in [0.25, 0.3) is 0 Å². The summed E-state index contributed by atoms with van der Waals surface area (Å²) in [6.07, 6.45) is 1.61. The molecule has 1 aromatic heterocycles. The third kappa shape index (κ3) is 4.17. The number of hydrogen-bond donors (Lipinski definition) is 1. The predicted molar refractivity (Wildman–Crippen MR) is 80.9 cm³/mol. The Hall–Kier alpha value is -1.63. The van der Waals surface area contributed by atoms with E-state index in [1.807, 2.05) is 6.92 Å². The molecule has 0 aliphatic heterocycles. The Morgan fingerprint density at radius 1 is 1.29 bits per heavy atom. The maximum Gasteiger partial charge on any atom is 0.240 e. The standard InChI is InChI=1S/C14H15ClN2O3S/c1-2-20-14-7-6-12(9-13(14)15)21(18,19)17-10-11-5-3-4-8-16-11/h3-9,17H,2,10H2,1H3. The van der Waals surface area contributed by atoms with Gasteiger partial charge in [-0.1, -0.05) is 17.7 Å². The minimum atomic E-state index is -3.64. The summed E-state index contributed by atoms with van der Waals surface area (Å²) in [6.45, 7) is 2.41. The number of aromatic nitrogens is 1. The van der Waals surface area contributed by atoms with E-state index in [1.165, 1.54) is 12.1 Å². The van der Waals surface area contributed by atoms with Crippen molar-refractivity contribution in [3.8, 4) is 5.75 Å². The fourth-order valence-electron chi connectivity index (χ4n) is 1.68. The minimum absolute atomic E-state index is 0.0897. The van der Waals surface area contributed by atoms with Crippen molar-refractivity contribution in [1.29, 1.82) is 0 Å².